The smallest absolute Gasteiger partial charge is 0.115 e. The first-order valence-electron chi connectivity index (χ1n) is 22.8. The molecule has 11 rings (SSSR count). The second-order valence-electron chi connectivity index (χ2n) is 20.8. The molecule has 0 amide bonds. The Balaban J connectivity index is 1.16. The summed E-state index contributed by atoms with van der Waals surface area (Å²) in [5.74, 6) is 11.3. The molecule has 5 nitrogen and oxygen atoms in total. The van der Waals surface area contributed by atoms with E-state index >= 15 is 0 Å². The summed E-state index contributed by atoms with van der Waals surface area (Å²) in [6, 6.07) is 8.75. The van der Waals surface area contributed by atoms with E-state index in [1.165, 1.54) is 106 Å². The van der Waals surface area contributed by atoms with Crippen LogP contribution >= 0.6 is 0 Å². The normalized spacial score (nSPS) is 43.1. The molecule has 2 aliphatic heterocycles. The van der Waals surface area contributed by atoms with Crippen LogP contribution in [0.15, 0.2) is 30.5 Å². The molecular weight excluding hydrogens is 665 g/mol. The highest BCUT2D eigenvalue weighted by molar-refractivity contribution is 5.47. The molecule has 0 radical (unpaired) electrons. The standard InChI is InChI=1S/C49H68N2O3/c1-3-32-24-42(51-30-32)35-10-9-11-37(25-35)45(2)44-36-12-14-38(31-52)49(44,50)43-16-21-47(19-5-4-6-20-47)41-26-40(53)15-13-34(41)22-33-23-39(48(43,28-36)54-45)29-46(27-33)17-7-8-18-46/h13,15,24,26,30,33,35-39,43-44,51-53H,3-12,14,17-20,22-23,25,27-29,31,50H2,1-2H3. The van der Waals surface area contributed by atoms with Crippen molar-refractivity contribution < 1.29 is 14.9 Å². The maximum atomic E-state index is 11.4. The maximum absolute atomic E-state index is 11.4. The SMILES string of the molecule is CCc1c[nH]c(C2CCCC(C3(C)OC45CC6CCC(CO)C(N)(C63)C4C#CC3(CCCCC3)c3cc(O)ccc3CC3CC5CC4(CCCC4)C3)C2)c1. The van der Waals surface area contributed by atoms with E-state index in [4.69, 9.17) is 10.5 Å². The van der Waals surface area contributed by atoms with Gasteiger partial charge in [0.05, 0.1) is 22.5 Å². The van der Waals surface area contributed by atoms with Crippen molar-refractivity contribution in [1.82, 2.24) is 4.98 Å². The van der Waals surface area contributed by atoms with Gasteiger partial charge in [0.25, 0.3) is 0 Å². The van der Waals surface area contributed by atoms with Gasteiger partial charge in [0, 0.05) is 35.9 Å². The molecule has 5 heteroatoms. The quantitative estimate of drug-likeness (QED) is 0.236. The van der Waals surface area contributed by atoms with E-state index in [-0.39, 0.29) is 35.4 Å². The molecule has 3 heterocycles. The van der Waals surface area contributed by atoms with Crippen LogP contribution in [0.5, 0.6) is 5.75 Å². The van der Waals surface area contributed by atoms with Crippen molar-refractivity contribution >= 4 is 0 Å². The Hall–Kier alpha value is -2.26. The summed E-state index contributed by atoms with van der Waals surface area (Å²) in [6.07, 6.45) is 27.2. The summed E-state index contributed by atoms with van der Waals surface area (Å²) in [5, 5.41) is 22.5. The van der Waals surface area contributed by atoms with Crippen LogP contribution in [-0.2, 0) is 23.0 Å². The molecule has 9 aliphatic rings. The lowest BCUT2D eigenvalue weighted by atomic mass is 9.38. The molecule has 54 heavy (non-hydrogen) atoms. The Kier molecular flexibility index (Phi) is 8.79. The third-order valence-electron chi connectivity index (χ3n) is 18.2. The molecule has 7 aliphatic carbocycles. The number of hydrogen-bond donors (Lipinski definition) is 4. The minimum atomic E-state index is -0.605. The first kappa shape index (κ1) is 36.1. The van der Waals surface area contributed by atoms with Crippen LogP contribution < -0.4 is 5.73 Å². The van der Waals surface area contributed by atoms with Crippen LogP contribution in [0.1, 0.15) is 164 Å². The molecule has 11 unspecified atom stereocenters. The summed E-state index contributed by atoms with van der Waals surface area (Å²) < 4.78 is 8.33. The Morgan fingerprint density at radius 1 is 0.907 bits per heavy atom. The second-order valence-corrected chi connectivity index (χ2v) is 20.8. The summed E-state index contributed by atoms with van der Waals surface area (Å²) in [6.45, 7) is 4.91. The molecule has 292 valence electrons. The molecule has 1 aromatic carbocycles. The number of benzene rings is 1. The zero-order valence-electron chi connectivity index (χ0n) is 33.4. The van der Waals surface area contributed by atoms with Crippen molar-refractivity contribution in [2.24, 2.45) is 52.6 Å². The Bertz CT molecular complexity index is 1790. The number of rotatable bonds is 4. The Morgan fingerprint density at radius 2 is 1.72 bits per heavy atom. The van der Waals surface area contributed by atoms with E-state index in [1.54, 1.807) is 0 Å². The number of aromatic amines is 1. The van der Waals surface area contributed by atoms with Gasteiger partial charge in [0.15, 0.2) is 0 Å². The van der Waals surface area contributed by atoms with Gasteiger partial charge in [-0.1, -0.05) is 63.4 Å². The zero-order valence-corrected chi connectivity index (χ0v) is 33.4. The van der Waals surface area contributed by atoms with Crippen LogP contribution in [0.4, 0.5) is 0 Å². The van der Waals surface area contributed by atoms with Gasteiger partial charge in [0.2, 0.25) is 0 Å². The molecule has 3 spiro atoms. The van der Waals surface area contributed by atoms with Crippen molar-refractivity contribution in [3.8, 4) is 17.6 Å². The van der Waals surface area contributed by atoms with E-state index in [0.717, 1.165) is 51.4 Å². The summed E-state index contributed by atoms with van der Waals surface area (Å²) >= 11 is 0. The van der Waals surface area contributed by atoms with E-state index in [2.05, 4.69) is 55.1 Å². The number of ether oxygens (including phenoxy) is 1. The molecule has 2 saturated heterocycles. The van der Waals surface area contributed by atoms with E-state index in [1.807, 2.05) is 6.07 Å². The van der Waals surface area contributed by atoms with E-state index < -0.39 is 11.1 Å². The highest BCUT2D eigenvalue weighted by Crippen LogP contribution is 2.71. The van der Waals surface area contributed by atoms with Crippen LogP contribution in [0.2, 0.25) is 0 Å². The first-order chi connectivity index (χ1) is 26.1. The fourth-order valence-electron chi connectivity index (χ4n) is 16.0. The fraction of sp³-hybridized carbons (Fsp3) is 0.755. The molecular formula is C49H68N2O3. The Labute approximate surface area is 325 Å². The summed E-state index contributed by atoms with van der Waals surface area (Å²) in [7, 11) is 0. The maximum Gasteiger partial charge on any atom is 0.115 e. The topological polar surface area (TPSA) is 91.5 Å². The van der Waals surface area contributed by atoms with Gasteiger partial charge >= 0.3 is 0 Å². The van der Waals surface area contributed by atoms with Gasteiger partial charge < -0.3 is 25.7 Å². The van der Waals surface area contributed by atoms with Crippen LogP contribution in [0.25, 0.3) is 0 Å². The number of aryl methyl sites for hydroxylation is 1. The van der Waals surface area contributed by atoms with Crippen LogP contribution in [0, 0.1) is 58.7 Å². The number of hydrogen-bond acceptors (Lipinski definition) is 4. The third kappa shape index (κ3) is 5.34. The predicted molar refractivity (Wildman–Crippen MR) is 215 cm³/mol. The number of aliphatic hydroxyl groups excluding tert-OH is 1. The van der Waals surface area contributed by atoms with Gasteiger partial charge in [0.1, 0.15) is 5.75 Å². The number of fused-ring (bicyclic) bond motifs is 5. The minimum Gasteiger partial charge on any atom is -0.508 e. The minimum absolute atomic E-state index is 0.0273. The average molecular weight is 733 g/mol. The zero-order chi connectivity index (χ0) is 36.9. The van der Waals surface area contributed by atoms with Crippen molar-refractivity contribution in [3.05, 3.63) is 52.8 Å². The van der Waals surface area contributed by atoms with Gasteiger partial charge in [-0.05, 0) is 173 Å². The summed E-state index contributed by atoms with van der Waals surface area (Å²) in [5.41, 5.74) is 12.6. The highest BCUT2D eigenvalue weighted by Gasteiger charge is 2.76. The van der Waals surface area contributed by atoms with Gasteiger partial charge in [-0.2, -0.15) is 0 Å². The lowest BCUT2D eigenvalue weighted by Crippen LogP contribution is -2.84. The van der Waals surface area contributed by atoms with Crippen molar-refractivity contribution in [2.45, 2.75) is 177 Å². The number of aliphatic hydroxyl groups is 1. The lowest BCUT2D eigenvalue weighted by molar-refractivity contribution is -0.362. The Morgan fingerprint density at radius 3 is 2.50 bits per heavy atom. The third-order valence-corrected chi connectivity index (χ3v) is 18.2. The number of phenols is 1. The van der Waals surface area contributed by atoms with Gasteiger partial charge in [-0.25, -0.2) is 0 Å². The fourth-order valence-corrected chi connectivity index (χ4v) is 16.0. The van der Waals surface area contributed by atoms with Crippen molar-refractivity contribution in [3.63, 3.8) is 0 Å². The lowest BCUT2D eigenvalue weighted by Gasteiger charge is -2.75. The van der Waals surface area contributed by atoms with E-state index in [9.17, 15) is 10.2 Å². The second kappa shape index (κ2) is 13.1. The van der Waals surface area contributed by atoms with E-state index in [0.29, 0.717) is 40.8 Å². The molecule has 5 N–H and O–H groups in total. The van der Waals surface area contributed by atoms with Crippen LogP contribution in [-0.4, -0.2) is 38.5 Å². The van der Waals surface area contributed by atoms with Crippen molar-refractivity contribution in [1.29, 1.82) is 0 Å². The number of nitrogens with one attached hydrogen (secondary N) is 1. The molecule has 11 atom stereocenters. The first-order valence-corrected chi connectivity index (χ1v) is 22.8. The van der Waals surface area contributed by atoms with Gasteiger partial charge in [-0.3, -0.25) is 0 Å². The summed E-state index contributed by atoms with van der Waals surface area (Å²) in [4.78, 5) is 3.70. The van der Waals surface area contributed by atoms with Gasteiger partial charge in [-0.15, -0.1) is 0 Å². The number of aromatic hydroxyl groups is 1. The monoisotopic (exact) mass is 733 g/mol. The van der Waals surface area contributed by atoms with Crippen LogP contribution in [0.3, 0.4) is 0 Å². The highest BCUT2D eigenvalue weighted by atomic mass is 16.5. The number of aromatic nitrogens is 1. The number of nitrogens with two attached hydrogens (primary N) is 1. The van der Waals surface area contributed by atoms with Crippen molar-refractivity contribution in [2.75, 3.05) is 6.61 Å². The number of phenolic OH excluding ortho intramolecular Hbond substituents is 1. The molecule has 8 fully saturated rings. The molecule has 6 bridgehead atoms. The molecule has 1 aromatic heterocycles. The molecule has 6 saturated carbocycles. The predicted octanol–water partition coefficient (Wildman–Crippen LogP) is 9.87. The average Bonchev–Trinajstić information content (AvgIpc) is 3.85. The largest absolute Gasteiger partial charge is 0.508 e. The molecule has 2 aromatic rings. The number of H-pyrrole nitrogens is 1.